The molecule has 2 unspecified atom stereocenters. The molecule has 3 nitrogen and oxygen atoms in total. The molecule has 1 fully saturated rings. The van der Waals surface area contributed by atoms with Crippen LogP contribution >= 0.6 is 0 Å². The zero-order valence-corrected chi connectivity index (χ0v) is 12.0. The van der Waals surface area contributed by atoms with E-state index in [1.54, 1.807) is 6.07 Å². The number of benzene rings is 1. The van der Waals surface area contributed by atoms with Crippen molar-refractivity contribution in [2.45, 2.75) is 26.0 Å². The van der Waals surface area contributed by atoms with Crippen LogP contribution in [0.2, 0.25) is 0 Å². The van der Waals surface area contributed by atoms with Gasteiger partial charge < -0.3 is 10.1 Å². The first kappa shape index (κ1) is 15.4. The Hall–Kier alpha value is -1.04. The van der Waals surface area contributed by atoms with Crippen molar-refractivity contribution >= 4 is 0 Å². The van der Waals surface area contributed by atoms with Crippen molar-refractivity contribution in [3.8, 4) is 0 Å². The lowest BCUT2D eigenvalue weighted by molar-refractivity contribution is -0.0262. The van der Waals surface area contributed by atoms with Gasteiger partial charge in [-0.1, -0.05) is 13.0 Å². The summed E-state index contributed by atoms with van der Waals surface area (Å²) in [6.07, 6.45) is 0.149. The van der Waals surface area contributed by atoms with E-state index in [1.165, 1.54) is 12.1 Å². The maximum absolute atomic E-state index is 13.2. The van der Waals surface area contributed by atoms with Gasteiger partial charge in [0, 0.05) is 25.7 Å². The van der Waals surface area contributed by atoms with E-state index < -0.39 is 11.6 Å². The van der Waals surface area contributed by atoms with Gasteiger partial charge >= 0.3 is 0 Å². The second kappa shape index (κ2) is 7.11. The fourth-order valence-electron chi connectivity index (χ4n) is 2.40. The third kappa shape index (κ3) is 3.98. The SMILES string of the molecule is CCN1CCOC(CNC(C)c2ccc(F)c(F)c2)C1. The van der Waals surface area contributed by atoms with Gasteiger partial charge in [0.25, 0.3) is 0 Å². The Kier molecular flexibility index (Phi) is 5.46. The monoisotopic (exact) mass is 284 g/mol. The lowest BCUT2D eigenvalue weighted by Gasteiger charge is -2.32. The maximum atomic E-state index is 13.2. The second-order valence-corrected chi connectivity index (χ2v) is 5.19. The highest BCUT2D eigenvalue weighted by Gasteiger charge is 2.20. The molecule has 1 N–H and O–H groups in total. The fourth-order valence-corrected chi connectivity index (χ4v) is 2.40. The molecule has 0 aliphatic carbocycles. The summed E-state index contributed by atoms with van der Waals surface area (Å²) in [5.74, 6) is -1.61. The minimum absolute atomic E-state index is 0.0364. The first-order valence-electron chi connectivity index (χ1n) is 7.12. The zero-order chi connectivity index (χ0) is 14.5. The van der Waals surface area contributed by atoms with E-state index in [1.807, 2.05) is 6.92 Å². The summed E-state index contributed by atoms with van der Waals surface area (Å²) in [6.45, 7) is 8.45. The molecular weight excluding hydrogens is 262 g/mol. The number of halogens is 2. The van der Waals surface area contributed by atoms with Gasteiger partial charge in [-0.2, -0.15) is 0 Å². The second-order valence-electron chi connectivity index (χ2n) is 5.19. The van der Waals surface area contributed by atoms with Crippen LogP contribution in [0.25, 0.3) is 0 Å². The average molecular weight is 284 g/mol. The standard InChI is InChI=1S/C15H22F2N2O/c1-3-19-6-7-20-13(10-19)9-18-11(2)12-4-5-14(16)15(17)8-12/h4-5,8,11,13,18H,3,6-7,9-10H2,1-2H3. The van der Waals surface area contributed by atoms with Gasteiger partial charge in [0.1, 0.15) is 0 Å². The van der Waals surface area contributed by atoms with Crippen molar-refractivity contribution in [1.82, 2.24) is 10.2 Å². The van der Waals surface area contributed by atoms with Crippen LogP contribution in [0.4, 0.5) is 8.78 Å². The van der Waals surface area contributed by atoms with Crippen LogP contribution in [0.3, 0.4) is 0 Å². The van der Waals surface area contributed by atoms with Crippen LogP contribution in [0, 0.1) is 11.6 Å². The van der Waals surface area contributed by atoms with Crippen LogP contribution in [0.5, 0.6) is 0 Å². The van der Waals surface area contributed by atoms with Crippen molar-refractivity contribution in [2.24, 2.45) is 0 Å². The Morgan fingerprint density at radius 1 is 1.40 bits per heavy atom. The highest BCUT2D eigenvalue weighted by Crippen LogP contribution is 2.16. The molecule has 1 aromatic carbocycles. The Bertz CT molecular complexity index is 442. The molecule has 1 heterocycles. The van der Waals surface area contributed by atoms with Crippen LogP contribution in [-0.4, -0.2) is 43.8 Å². The van der Waals surface area contributed by atoms with Gasteiger partial charge in [-0.25, -0.2) is 8.78 Å². The van der Waals surface area contributed by atoms with E-state index in [-0.39, 0.29) is 12.1 Å². The Balaban J connectivity index is 1.85. The lowest BCUT2D eigenvalue weighted by atomic mass is 10.1. The van der Waals surface area contributed by atoms with E-state index in [0.717, 1.165) is 31.8 Å². The Labute approximate surface area is 118 Å². The van der Waals surface area contributed by atoms with Crippen LogP contribution in [-0.2, 0) is 4.74 Å². The molecule has 20 heavy (non-hydrogen) atoms. The molecule has 0 saturated carbocycles. The molecule has 112 valence electrons. The minimum atomic E-state index is -0.810. The summed E-state index contributed by atoms with van der Waals surface area (Å²) in [5.41, 5.74) is 0.743. The topological polar surface area (TPSA) is 24.5 Å². The fraction of sp³-hybridized carbons (Fsp3) is 0.600. The van der Waals surface area contributed by atoms with Crippen molar-refractivity contribution < 1.29 is 13.5 Å². The first-order chi connectivity index (χ1) is 9.60. The average Bonchev–Trinajstić information content (AvgIpc) is 2.47. The lowest BCUT2D eigenvalue weighted by Crippen LogP contribution is -2.46. The number of hydrogen-bond donors (Lipinski definition) is 1. The van der Waals surface area contributed by atoms with Gasteiger partial charge in [-0.3, -0.25) is 4.90 Å². The van der Waals surface area contributed by atoms with E-state index in [9.17, 15) is 8.78 Å². The van der Waals surface area contributed by atoms with E-state index in [2.05, 4.69) is 17.1 Å². The third-order valence-corrected chi connectivity index (χ3v) is 3.77. The summed E-state index contributed by atoms with van der Waals surface area (Å²) >= 11 is 0. The molecule has 0 amide bonds. The van der Waals surface area contributed by atoms with Crippen LogP contribution in [0.15, 0.2) is 18.2 Å². The van der Waals surface area contributed by atoms with Crippen molar-refractivity contribution in [3.05, 3.63) is 35.4 Å². The number of hydrogen-bond acceptors (Lipinski definition) is 3. The van der Waals surface area contributed by atoms with E-state index in [0.29, 0.717) is 6.54 Å². The van der Waals surface area contributed by atoms with Gasteiger partial charge in [0.2, 0.25) is 0 Å². The summed E-state index contributed by atoms with van der Waals surface area (Å²) < 4.78 is 31.8. The van der Waals surface area contributed by atoms with E-state index >= 15 is 0 Å². The van der Waals surface area contributed by atoms with Crippen LogP contribution < -0.4 is 5.32 Å². The summed E-state index contributed by atoms with van der Waals surface area (Å²) in [7, 11) is 0. The normalized spacial score (nSPS) is 21.9. The molecule has 1 aromatic rings. The predicted octanol–water partition coefficient (Wildman–Crippen LogP) is 2.34. The van der Waals surface area contributed by atoms with E-state index in [4.69, 9.17) is 4.74 Å². The number of morpholine rings is 1. The van der Waals surface area contributed by atoms with Crippen molar-refractivity contribution in [1.29, 1.82) is 0 Å². The zero-order valence-electron chi connectivity index (χ0n) is 12.0. The highest BCUT2D eigenvalue weighted by atomic mass is 19.2. The molecule has 0 radical (unpaired) electrons. The Morgan fingerprint density at radius 3 is 2.90 bits per heavy atom. The molecule has 1 aliphatic heterocycles. The maximum Gasteiger partial charge on any atom is 0.159 e. The number of nitrogens with zero attached hydrogens (tertiary/aromatic N) is 1. The smallest absolute Gasteiger partial charge is 0.159 e. The molecule has 2 atom stereocenters. The third-order valence-electron chi connectivity index (χ3n) is 3.77. The number of likely N-dealkylation sites (N-methyl/N-ethyl adjacent to an activating group) is 1. The summed E-state index contributed by atoms with van der Waals surface area (Å²) in [4.78, 5) is 2.35. The van der Waals surface area contributed by atoms with Crippen molar-refractivity contribution in [3.63, 3.8) is 0 Å². The van der Waals surface area contributed by atoms with Gasteiger partial charge in [-0.05, 0) is 31.2 Å². The summed E-state index contributed by atoms with van der Waals surface area (Å²) in [5, 5.41) is 3.32. The quantitative estimate of drug-likeness (QED) is 0.898. The van der Waals surface area contributed by atoms with Gasteiger partial charge in [0.15, 0.2) is 11.6 Å². The Morgan fingerprint density at radius 2 is 2.20 bits per heavy atom. The minimum Gasteiger partial charge on any atom is -0.374 e. The largest absolute Gasteiger partial charge is 0.374 e. The number of ether oxygens (including phenoxy) is 1. The molecule has 0 spiro atoms. The molecule has 1 aliphatic rings. The predicted molar refractivity (Wildman–Crippen MR) is 74.6 cm³/mol. The molecule has 5 heteroatoms. The van der Waals surface area contributed by atoms with Crippen LogP contribution in [0.1, 0.15) is 25.5 Å². The van der Waals surface area contributed by atoms with Gasteiger partial charge in [-0.15, -0.1) is 0 Å². The van der Waals surface area contributed by atoms with Gasteiger partial charge in [0.05, 0.1) is 12.7 Å². The highest BCUT2D eigenvalue weighted by molar-refractivity contribution is 5.20. The van der Waals surface area contributed by atoms with Crippen molar-refractivity contribution in [2.75, 3.05) is 32.8 Å². The molecule has 2 rings (SSSR count). The number of rotatable bonds is 5. The molecule has 0 bridgehead atoms. The number of nitrogens with one attached hydrogen (secondary N) is 1. The first-order valence-corrected chi connectivity index (χ1v) is 7.12. The molecule has 0 aromatic heterocycles. The molecule has 1 saturated heterocycles. The molecular formula is C15H22F2N2O. The summed E-state index contributed by atoms with van der Waals surface area (Å²) in [6, 6.07) is 3.98.